The van der Waals surface area contributed by atoms with Gasteiger partial charge in [-0.15, -0.1) is 11.3 Å². The molecule has 144 valence electrons. The van der Waals surface area contributed by atoms with Crippen molar-refractivity contribution in [1.29, 1.82) is 0 Å². The van der Waals surface area contributed by atoms with Crippen LogP contribution in [0, 0.1) is 6.92 Å². The zero-order chi connectivity index (χ0) is 20.3. The Hall–Kier alpha value is -3.13. The fourth-order valence-corrected chi connectivity index (χ4v) is 3.43. The van der Waals surface area contributed by atoms with Crippen molar-refractivity contribution in [3.8, 4) is 11.3 Å². The molecule has 0 aliphatic heterocycles. The largest absolute Gasteiger partial charge is 0.364 e. The Bertz CT molecular complexity index is 1010. The van der Waals surface area contributed by atoms with Crippen molar-refractivity contribution in [2.24, 2.45) is 5.73 Å². The Morgan fingerprint density at radius 1 is 1.14 bits per heavy atom. The van der Waals surface area contributed by atoms with Gasteiger partial charge in [-0.2, -0.15) is 0 Å². The molecule has 28 heavy (non-hydrogen) atoms. The van der Waals surface area contributed by atoms with Crippen molar-refractivity contribution in [3.63, 3.8) is 0 Å². The van der Waals surface area contributed by atoms with Crippen molar-refractivity contribution in [1.82, 2.24) is 15.0 Å². The first-order valence-electron chi connectivity index (χ1n) is 8.82. The van der Waals surface area contributed by atoms with Crippen LogP contribution in [-0.2, 0) is 11.2 Å². The van der Waals surface area contributed by atoms with E-state index in [1.165, 1.54) is 17.5 Å². The predicted molar refractivity (Wildman–Crippen MR) is 109 cm³/mol. The van der Waals surface area contributed by atoms with Crippen LogP contribution in [0.4, 0.5) is 5.13 Å². The summed E-state index contributed by atoms with van der Waals surface area (Å²) in [6, 6.07) is 7.26. The highest BCUT2D eigenvalue weighted by Gasteiger charge is 2.14. The highest BCUT2D eigenvalue weighted by Crippen LogP contribution is 2.25. The van der Waals surface area contributed by atoms with Gasteiger partial charge < -0.3 is 11.1 Å². The second kappa shape index (κ2) is 8.26. The van der Waals surface area contributed by atoms with Crippen LogP contribution in [0.5, 0.6) is 0 Å². The number of benzene rings is 1. The average molecular weight is 395 g/mol. The van der Waals surface area contributed by atoms with Crippen LogP contribution >= 0.6 is 11.3 Å². The predicted octanol–water partition coefficient (Wildman–Crippen LogP) is 3.31. The molecule has 2 amide bonds. The van der Waals surface area contributed by atoms with Gasteiger partial charge in [-0.1, -0.05) is 38.1 Å². The van der Waals surface area contributed by atoms with Crippen molar-refractivity contribution < 1.29 is 9.59 Å². The highest BCUT2D eigenvalue weighted by molar-refractivity contribution is 7.15. The van der Waals surface area contributed by atoms with Gasteiger partial charge in [0.15, 0.2) is 10.8 Å². The summed E-state index contributed by atoms with van der Waals surface area (Å²) in [5.74, 6) is -0.383. The van der Waals surface area contributed by atoms with Gasteiger partial charge in [0.05, 0.1) is 12.1 Å². The second-order valence-electron chi connectivity index (χ2n) is 6.72. The van der Waals surface area contributed by atoms with E-state index in [0.717, 1.165) is 16.0 Å². The number of anilines is 1. The first-order valence-corrected chi connectivity index (χ1v) is 9.63. The highest BCUT2D eigenvalue weighted by atomic mass is 32.1. The van der Waals surface area contributed by atoms with E-state index in [2.05, 4.69) is 34.1 Å². The van der Waals surface area contributed by atoms with Gasteiger partial charge in [0.1, 0.15) is 5.69 Å². The number of aryl methyl sites for hydroxylation is 1. The molecule has 0 spiro atoms. The van der Waals surface area contributed by atoms with Gasteiger partial charge in [0, 0.05) is 22.8 Å². The Labute approximate surface area is 167 Å². The topological polar surface area (TPSA) is 111 Å². The molecule has 0 saturated heterocycles. The minimum Gasteiger partial charge on any atom is -0.364 e. The van der Waals surface area contributed by atoms with Crippen LogP contribution in [0.15, 0.2) is 36.7 Å². The fraction of sp³-hybridized carbons (Fsp3) is 0.250. The summed E-state index contributed by atoms with van der Waals surface area (Å²) in [7, 11) is 0. The summed E-state index contributed by atoms with van der Waals surface area (Å²) in [6.45, 7) is 5.97. The minimum atomic E-state index is -0.629. The van der Waals surface area contributed by atoms with Crippen molar-refractivity contribution in [2.75, 3.05) is 5.32 Å². The number of hydrogen-bond acceptors (Lipinski definition) is 6. The standard InChI is InChI=1S/C20H21N5O2S/c1-11(2)15-10-23-20(28-15)25-16(26)8-13-4-6-14(7-5-13)17-18(19(21)27)22-9-12(3)24-17/h4-7,9-11H,8H2,1-3H3,(H2,21,27)(H,23,25,26). The van der Waals surface area contributed by atoms with Crippen LogP contribution in [0.2, 0.25) is 0 Å². The molecule has 3 rings (SSSR count). The third-order valence-electron chi connectivity index (χ3n) is 4.06. The quantitative estimate of drug-likeness (QED) is 0.665. The third-order valence-corrected chi connectivity index (χ3v) is 5.27. The molecule has 1 aromatic carbocycles. The number of hydrogen-bond donors (Lipinski definition) is 2. The lowest BCUT2D eigenvalue weighted by molar-refractivity contribution is -0.115. The molecule has 3 N–H and O–H groups in total. The van der Waals surface area contributed by atoms with E-state index >= 15 is 0 Å². The zero-order valence-electron chi connectivity index (χ0n) is 15.9. The first-order chi connectivity index (χ1) is 13.3. The molecule has 0 unspecified atom stereocenters. The lowest BCUT2D eigenvalue weighted by Gasteiger charge is -2.08. The first kappa shape index (κ1) is 19.6. The van der Waals surface area contributed by atoms with E-state index in [0.29, 0.717) is 22.4 Å². The number of rotatable bonds is 6. The molecular weight excluding hydrogens is 374 g/mol. The van der Waals surface area contributed by atoms with Gasteiger partial charge in [0.2, 0.25) is 5.91 Å². The van der Waals surface area contributed by atoms with Crippen LogP contribution in [0.1, 0.15) is 46.4 Å². The Morgan fingerprint density at radius 2 is 1.86 bits per heavy atom. The van der Waals surface area contributed by atoms with Gasteiger partial charge in [-0.05, 0) is 18.4 Å². The number of nitrogens with two attached hydrogens (primary N) is 1. The minimum absolute atomic E-state index is 0.126. The number of thiazole rings is 1. The van der Waals surface area contributed by atoms with E-state index in [4.69, 9.17) is 5.73 Å². The van der Waals surface area contributed by atoms with E-state index in [-0.39, 0.29) is 18.0 Å². The number of nitrogens with zero attached hydrogens (tertiary/aromatic N) is 3. The van der Waals surface area contributed by atoms with Gasteiger partial charge in [-0.3, -0.25) is 9.59 Å². The Morgan fingerprint density at radius 3 is 2.46 bits per heavy atom. The third kappa shape index (κ3) is 4.58. The van der Waals surface area contributed by atoms with Crippen LogP contribution in [0.3, 0.4) is 0 Å². The van der Waals surface area contributed by atoms with E-state index < -0.39 is 5.91 Å². The lowest BCUT2D eigenvalue weighted by atomic mass is 10.0. The second-order valence-corrected chi connectivity index (χ2v) is 7.78. The molecule has 0 bridgehead atoms. The summed E-state index contributed by atoms with van der Waals surface area (Å²) in [4.78, 5) is 37.7. The maximum Gasteiger partial charge on any atom is 0.269 e. The molecule has 3 aromatic rings. The number of primary amides is 1. The van der Waals surface area contributed by atoms with Crippen molar-refractivity contribution >= 4 is 28.3 Å². The molecule has 8 heteroatoms. The molecule has 0 fully saturated rings. The Kier molecular flexibility index (Phi) is 5.79. The molecule has 7 nitrogen and oxygen atoms in total. The fourth-order valence-electron chi connectivity index (χ4n) is 2.60. The normalized spacial score (nSPS) is 10.9. The maximum atomic E-state index is 12.3. The van der Waals surface area contributed by atoms with Crippen molar-refractivity contribution in [2.45, 2.75) is 33.1 Å². The summed E-state index contributed by atoms with van der Waals surface area (Å²) >= 11 is 1.48. The number of carbonyl (C=O) groups excluding carboxylic acids is 2. The SMILES string of the molecule is Cc1cnc(C(N)=O)c(-c2ccc(CC(=O)Nc3ncc(C(C)C)s3)cc2)n1. The zero-order valence-corrected chi connectivity index (χ0v) is 16.7. The van der Waals surface area contributed by atoms with Gasteiger partial charge in [-0.25, -0.2) is 15.0 Å². The molecule has 0 atom stereocenters. The molecule has 0 radical (unpaired) electrons. The lowest BCUT2D eigenvalue weighted by Crippen LogP contribution is -2.16. The number of carbonyl (C=O) groups is 2. The summed E-state index contributed by atoms with van der Waals surface area (Å²) in [6.07, 6.45) is 3.52. The molecule has 2 heterocycles. The number of aromatic nitrogens is 3. The van der Waals surface area contributed by atoms with Crippen LogP contribution in [-0.4, -0.2) is 26.8 Å². The maximum absolute atomic E-state index is 12.3. The van der Waals surface area contributed by atoms with Gasteiger partial charge in [0.25, 0.3) is 5.91 Å². The van der Waals surface area contributed by atoms with E-state index in [1.807, 2.05) is 12.1 Å². The molecule has 2 aromatic heterocycles. The van der Waals surface area contributed by atoms with E-state index in [9.17, 15) is 9.59 Å². The van der Waals surface area contributed by atoms with Crippen molar-refractivity contribution in [3.05, 3.63) is 58.5 Å². The van der Waals surface area contributed by atoms with E-state index in [1.54, 1.807) is 25.3 Å². The summed E-state index contributed by atoms with van der Waals surface area (Å²) < 4.78 is 0. The summed E-state index contributed by atoms with van der Waals surface area (Å²) in [5, 5.41) is 3.43. The molecular formula is C20H21N5O2S. The average Bonchev–Trinajstić information content (AvgIpc) is 3.10. The smallest absolute Gasteiger partial charge is 0.269 e. The van der Waals surface area contributed by atoms with Crippen LogP contribution < -0.4 is 11.1 Å². The Balaban J connectivity index is 1.72. The number of amides is 2. The number of nitrogens with one attached hydrogen (secondary N) is 1. The molecule has 0 saturated carbocycles. The molecule has 0 aliphatic rings. The monoisotopic (exact) mass is 395 g/mol. The van der Waals surface area contributed by atoms with Crippen LogP contribution in [0.25, 0.3) is 11.3 Å². The van der Waals surface area contributed by atoms with Gasteiger partial charge >= 0.3 is 0 Å². The molecule has 0 aliphatic carbocycles. The summed E-state index contributed by atoms with van der Waals surface area (Å²) in [5.41, 5.74) is 8.20.